The third-order valence-electron chi connectivity index (χ3n) is 2.31. The fourth-order valence-electron chi connectivity index (χ4n) is 1.37. The molecule has 5 heteroatoms. The van der Waals surface area contributed by atoms with Gasteiger partial charge in [-0.2, -0.15) is 5.26 Å². The van der Waals surface area contributed by atoms with Gasteiger partial charge in [-0.1, -0.05) is 19.9 Å². The van der Waals surface area contributed by atoms with Crippen LogP contribution in [0.2, 0.25) is 0 Å². The van der Waals surface area contributed by atoms with E-state index in [1.807, 2.05) is 26.8 Å². The predicted octanol–water partition coefficient (Wildman–Crippen LogP) is 3.40. The molecule has 0 saturated heterocycles. The monoisotopic (exact) mass is 273 g/mol. The van der Waals surface area contributed by atoms with Crippen molar-refractivity contribution >= 4 is 0 Å². The summed E-state index contributed by atoms with van der Waals surface area (Å²) in [6, 6.07) is 8.06. The van der Waals surface area contributed by atoms with Crippen LogP contribution in [0.4, 0.5) is 4.39 Å². The van der Waals surface area contributed by atoms with Crippen LogP contribution < -0.4 is 4.74 Å². The van der Waals surface area contributed by atoms with Crippen molar-refractivity contribution in [2.75, 3.05) is 0 Å². The van der Waals surface area contributed by atoms with Crippen molar-refractivity contribution in [3.8, 4) is 12.1 Å². The molecule has 0 unspecified atom stereocenters. The number of ether oxygens (including phenoxy) is 1. The molecule has 0 bridgehead atoms. The van der Waals surface area contributed by atoms with Crippen LogP contribution >= 0.6 is 0 Å². The van der Waals surface area contributed by atoms with Crippen LogP contribution in [0.3, 0.4) is 0 Å². The summed E-state index contributed by atoms with van der Waals surface area (Å²) in [5, 5.41) is 8.62. The normalized spacial score (nSPS) is 9.15. The van der Waals surface area contributed by atoms with Crippen molar-refractivity contribution in [1.29, 1.82) is 5.26 Å². The summed E-state index contributed by atoms with van der Waals surface area (Å²) in [6.07, 6.45) is 1.58. The third-order valence-corrected chi connectivity index (χ3v) is 2.31. The molecule has 0 saturated carbocycles. The van der Waals surface area contributed by atoms with Gasteiger partial charge in [-0.15, -0.1) is 0 Å². The molecule has 1 aromatic heterocycles. The summed E-state index contributed by atoms with van der Waals surface area (Å²) in [4.78, 5) is 7.95. The summed E-state index contributed by atoms with van der Waals surface area (Å²) >= 11 is 0. The second-order valence-corrected chi connectivity index (χ2v) is 3.69. The van der Waals surface area contributed by atoms with Crippen molar-refractivity contribution in [1.82, 2.24) is 9.97 Å². The second-order valence-electron chi connectivity index (χ2n) is 3.69. The van der Waals surface area contributed by atoms with Gasteiger partial charge in [0.1, 0.15) is 12.4 Å². The van der Waals surface area contributed by atoms with E-state index in [0.717, 1.165) is 5.69 Å². The molecule has 0 aliphatic carbocycles. The Labute approximate surface area is 117 Å². The van der Waals surface area contributed by atoms with E-state index in [1.54, 1.807) is 18.3 Å². The Balaban J connectivity index is 0.000000956. The largest absolute Gasteiger partial charge is 0.458 e. The Morgan fingerprint density at radius 2 is 2.05 bits per heavy atom. The van der Waals surface area contributed by atoms with Crippen molar-refractivity contribution < 1.29 is 9.13 Å². The lowest BCUT2D eigenvalue weighted by molar-refractivity contribution is 0.274. The highest BCUT2D eigenvalue weighted by molar-refractivity contribution is 5.32. The van der Waals surface area contributed by atoms with E-state index in [1.165, 1.54) is 12.1 Å². The molecule has 0 spiro atoms. The van der Waals surface area contributed by atoms with E-state index < -0.39 is 5.82 Å². The molecular formula is C15H16FN3O. The molecule has 0 radical (unpaired) electrons. The molecule has 2 aromatic rings. The Kier molecular flexibility index (Phi) is 6.11. The van der Waals surface area contributed by atoms with Crippen molar-refractivity contribution in [3.05, 3.63) is 53.1 Å². The zero-order valence-electron chi connectivity index (χ0n) is 11.7. The van der Waals surface area contributed by atoms with Crippen LogP contribution in [0.5, 0.6) is 6.01 Å². The highest BCUT2D eigenvalue weighted by Crippen LogP contribution is 2.12. The standard InChI is InChI=1S/C13H10FN3O.C2H6/c1-9-4-5-16-13(17-9)18-8-11-3-2-10(7-15)6-12(11)14;1-2/h2-6H,8H2,1H3;1-2H3. The van der Waals surface area contributed by atoms with Gasteiger partial charge >= 0.3 is 6.01 Å². The zero-order chi connectivity index (χ0) is 15.0. The number of nitriles is 1. The molecule has 0 N–H and O–H groups in total. The second kappa shape index (κ2) is 7.85. The number of nitrogens with zero attached hydrogens (tertiary/aromatic N) is 3. The molecule has 1 heterocycles. The molecule has 2 rings (SSSR count). The summed E-state index contributed by atoms with van der Waals surface area (Å²) in [5.41, 5.74) is 1.42. The van der Waals surface area contributed by atoms with Crippen LogP contribution in [0.15, 0.2) is 30.5 Å². The average Bonchev–Trinajstić information content (AvgIpc) is 2.48. The molecular weight excluding hydrogens is 257 g/mol. The first kappa shape index (κ1) is 15.6. The number of aromatic nitrogens is 2. The first-order valence-electron chi connectivity index (χ1n) is 6.30. The third kappa shape index (κ3) is 4.32. The number of rotatable bonds is 3. The van der Waals surface area contributed by atoms with Crippen LogP contribution in [0.25, 0.3) is 0 Å². The SMILES string of the molecule is CC.Cc1ccnc(OCc2ccc(C#N)cc2F)n1. The van der Waals surface area contributed by atoms with Gasteiger partial charge in [0, 0.05) is 17.5 Å². The first-order chi connectivity index (χ1) is 9.69. The van der Waals surface area contributed by atoms with Crippen molar-refractivity contribution in [2.24, 2.45) is 0 Å². The van der Waals surface area contributed by atoms with Gasteiger partial charge in [-0.05, 0) is 25.1 Å². The van der Waals surface area contributed by atoms with Gasteiger partial charge in [-0.3, -0.25) is 0 Å². The van der Waals surface area contributed by atoms with E-state index in [2.05, 4.69) is 9.97 Å². The maximum atomic E-state index is 13.5. The van der Waals surface area contributed by atoms with Gasteiger partial charge in [-0.25, -0.2) is 14.4 Å². The molecule has 0 amide bonds. The van der Waals surface area contributed by atoms with Crippen molar-refractivity contribution in [2.45, 2.75) is 27.4 Å². The Bertz CT molecular complexity index is 608. The summed E-state index contributed by atoms with van der Waals surface area (Å²) < 4.78 is 18.8. The average molecular weight is 273 g/mol. The lowest BCUT2D eigenvalue weighted by Gasteiger charge is -2.05. The van der Waals surface area contributed by atoms with Crippen LogP contribution in [-0.2, 0) is 6.61 Å². The smallest absolute Gasteiger partial charge is 0.316 e. The minimum Gasteiger partial charge on any atom is -0.458 e. The van der Waals surface area contributed by atoms with E-state index in [9.17, 15) is 4.39 Å². The van der Waals surface area contributed by atoms with Gasteiger partial charge < -0.3 is 4.74 Å². The number of halogens is 1. The van der Waals surface area contributed by atoms with E-state index >= 15 is 0 Å². The molecule has 1 aromatic carbocycles. The fourth-order valence-corrected chi connectivity index (χ4v) is 1.37. The minimum atomic E-state index is -0.471. The van der Waals surface area contributed by atoms with E-state index in [-0.39, 0.29) is 18.2 Å². The maximum Gasteiger partial charge on any atom is 0.316 e. The zero-order valence-corrected chi connectivity index (χ0v) is 11.7. The number of hydrogen-bond donors (Lipinski definition) is 0. The predicted molar refractivity (Wildman–Crippen MR) is 73.6 cm³/mol. The Hall–Kier alpha value is -2.48. The topological polar surface area (TPSA) is 58.8 Å². The molecule has 4 nitrogen and oxygen atoms in total. The molecule has 0 aliphatic heterocycles. The van der Waals surface area contributed by atoms with E-state index in [0.29, 0.717) is 5.56 Å². The van der Waals surface area contributed by atoms with Gasteiger partial charge in [0.05, 0.1) is 11.6 Å². The summed E-state index contributed by atoms with van der Waals surface area (Å²) in [7, 11) is 0. The minimum absolute atomic E-state index is 0.0288. The summed E-state index contributed by atoms with van der Waals surface area (Å²) in [5.74, 6) is -0.471. The van der Waals surface area contributed by atoms with Crippen LogP contribution in [-0.4, -0.2) is 9.97 Å². The molecule has 0 aliphatic rings. The molecule has 0 fully saturated rings. The van der Waals surface area contributed by atoms with Gasteiger partial charge in [0.2, 0.25) is 0 Å². The van der Waals surface area contributed by atoms with Gasteiger partial charge in [0.25, 0.3) is 0 Å². The molecule has 104 valence electrons. The van der Waals surface area contributed by atoms with E-state index in [4.69, 9.17) is 10.00 Å². The Morgan fingerprint density at radius 1 is 1.30 bits per heavy atom. The molecule has 0 atom stereocenters. The summed E-state index contributed by atoms with van der Waals surface area (Å²) in [6.45, 7) is 5.85. The van der Waals surface area contributed by atoms with Crippen molar-refractivity contribution in [3.63, 3.8) is 0 Å². The first-order valence-corrected chi connectivity index (χ1v) is 6.30. The highest BCUT2D eigenvalue weighted by atomic mass is 19.1. The lowest BCUT2D eigenvalue weighted by atomic mass is 10.1. The van der Waals surface area contributed by atoms with Gasteiger partial charge in [0.15, 0.2) is 0 Å². The number of aryl methyl sites for hydroxylation is 1. The highest BCUT2D eigenvalue weighted by Gasteiger charge is 2.05. The Morgan fingerprint density at radius 3 is 2.65 bits per heavy atom. The quantitative estimate of drug-likeness (QED) is 0.860. The maximum absolute atomic E-state index is 13.5. The number of benzene rings is 1. The van der Waals surface area contributed by atoms with Crippen LogP contribution in [0, 0.1) is 24.1 Å². The lowest BCUT2D eigenvalue weighted by Crippen LogP contribution is -2.02. The molecule has 20 heavy (non-hydrogen) atoms. The number of hydrogen-bond acceptors (Lipinski definition) is 4. The fraction of sp³-hybridized carbons (Fsp3) is 0.267. The van der Waals surface area contributed by atoms with Crippen LogP contribution in [0.1, 0.15) is 30.7 Å².